The molecule has 0 bridgehead atoms. The van der Waals surface area contributed by atoms with Gasteiger partial charge in [-0.15, -0.1) is 0 Å². The number of anilines is 1. The lowest BCUT2D eigenvalue weighted by Gasteiger charge is -2.18. The van der Waals surface area contributed by atoms with Crippen LogP contribution >= 0.6 is 39.1 Å². The van der Waals surface area contributed by atoms with Gasteiger partial charge in [0, 0.05) is 15.2 Å². The molecule has 1 N–H and O–H groups in total. The molecule has 0 aliphatic rings. The Morgan fingerprint density at radius 2 is 1.86 bits per heavy atom. The van der Waals surface area contributed by atoms with Crippen LogP contribution in [0.4, 0.5) is 5.69 Å². The molecule has 110 valence electrons. The highest BCUT2D eigenvalue weighted by molar-refractivity contribution is 9.10. The van der Waals surface area contributed by atoms with Gasteiger partial charge in [-0.2, -0.15) is 0 Å². The normalized spacial score (nSPS) is 11.8. The van der Waals surface area contributed by atoms with E-state index in [2.05, 4.69) is 21.2 Å². The van der Waals surface area contributed by atoms with E-state index in [0.717, 1.165) is 11.3 Å². The molecule has 0 radical (unpaired) electrons. The first-order valence-corrected chi connectivity index (χ1v) is 7.61. The second-order valence-electron chi connectivity index (χ2n) is 4.28. The number of carbonyl (C=O) groups is 1. The average Bonchev–Trinajstić information content (AvgIpc) is 2.49. The third-order valence-corrected chi connectivity index (χ3v) is 4.34. The standard InChI is InChI=1S/C15H12BrCl2NO2/c1-21-15(20)14(9-2-7-13(18)12(16)8-9)19-11-5-3-10(17)4-6-11/h2-8,14,19H,1H3. The lowest BCUT2D eigenvalue weighted by atomic mass is 10.1. The van der Waals surface area contributed by atoms with E-state index in [4.69, 9.17) is 27.9 Å². The molecule has 6 heteroatoms. The smallest absolute Gasteiger partial charge is 0.332 e. The Bertz CT molecular complexity index is 647. The molecule has 2 aromatic rings. The SMILES string of the molecule is COC(=O)C(Nc1ccc(Cl)cc1)c1ccc(Cl)c(Br)c1. The molecule has 0 heterocycles. The molecule has 0 aliphatic heterocycles. The highest BCUT2D eigenvalue weighted by atomic mass is 79.9. The van der Waals surface area contributed by atoms with Crippen LogP contribution in [0.5, 0.6) is 0 Å². The van der Waals surface area contributed by atoms with Crippen LogP contribution in [0, 0.1) is 0 Å². The molecule has 1 atom stereocenters. The maximum Gasteiger partial charge on any atom is 0.332 e. The number of rotatable bonds is 4. The lowest BCUT2D eigenvalue weighted by molar-refractivity contribution is -0.141. The van der Waals surface area contributed by atoms with Crippen molar-refractivity contribution in [2.45, 2.75) is 6.04 Å². The van der Waals surface area contributed by atoms with E-state index in [-0.39, 0.29) is 5.97 Å². The summed E-state index contributed by atoms with van der Waals surface area (Å²) >= 11 is 15.2. The van der Waals surface area contributed by atoms with E-state index < -0.39 is 6.04 Å². The van der Waals surface area contributed by atoms with Gasteiger partial charge < -0.3 is 10.1 Å². The zero-order valence-electron chi connectivity index (χ0n) is 11.1. The highest BCUT2D eigenvalue weighted by Gasteiger charge is 2.22. The molecule has 0 saturated carbocycles. The van der Waals surface area contributed by atoms with Crippen molar-refractivity contribution in [3.63, 3.8) is 0 Å². The third-order valence-electron chi connectivity index (χ3n) is 2.87. The second-order valence-corrected chi connectivity index (χ2v) is 5.98. The number of ether oxygens (including phenoxy) is 1. The number of hydrogen-bond donors (Lipinski definition) is 1. The van der Waals surface area contributed by atoms with Crippen molar-refractivity contribution in [1.29, 1.82) is 0 Å². The maximum absolute atomic E-state index is 12.0. The monoisotopic (exact) mass is 387 g/mol. The van der Waals surface area contributed by atoms with E-state index in [0.29, 0.717) is 14.5 Å². The fourth-order valence-corrected chi connectivity index (χ4v) is 2.44. The van der Waals surface area contributed by atoms with Gasteiger partial charge >= 0.3 is 5.97 Å². The molecular weight excluding hydrogens is 377 g/mol. The van der Waals surface area contributed by atoms with E-state index in [9.17, 15) is 4.79 Å². The summed E-state index contributed by atoms with van der Waals surface area (Å²) in [5.74, 6) is -0.390. The van der Waals surface area contributed by atoms with Crippen LogP contribution in [0.2, 0.25) is 10.0 Å². The summed E-state index contributed by atoms with van der Waals surface area (Å²) < 4.78 is 5.57. The maximum atomic E-state index is 12.0. The lowest BCUT2D eigenvalue weighted by Crippen LogP contribution is -2.22. The van der Waals surface area contributed by atoms with Crippen LogP contribution in [-0.2, 0) is 9.53 Å². The molecule has 0 spiro atoms. The summed E-state index contributed by atoms with van der Waals surface area (Å²) in [5, 5.41) is 4.33. The minimum Gasteiger partial charge on any atom is -0.467 e. The van der Waals surface area contributed by atoms with Gasteiger partial charge in [-0.3, -0.25) is 0 Å². The van der Waals surface area contributed by atoms with E-state index in [1.54, 1.807) is 42.5 Å². The summed E-state index contributed by atoms with van der Waals surface area (Å²) in [4.78, 5) is 12.0. The van der Waals surface area contributed by atoms with Gasteiger partial charge in [-0.25, -0.2) is 4.79 Å². The van der Waals surface area contributed by atoms with E-state index in [1.807, 2.05) is 0 Å². The molecule has 0 aliphatic carbocycles. The van der Waals surface area contributed by atoms with E-state index >= 15 is 0 Å². The zero-order valence-corrected chi connectivity index (χ0v) is 14.2. The summed E-state index contributed by atoms with van der Waals surface area (Å²) in [6.45, 7) is 0. The van der Waals surface area contributed by atoms with Gasteiger partial charge in [0.1, 0.15) is 0 Å². The Kier molecular flexibility index (Phi) is 5.51. The summed E-state index contributed by atoms with van der Waals surface area (Å²) in [6, 6.07) is 11.7. The number of hydrogen-bond acceptors (Lipinski definition) is 3. The minimum atomic E-state index is -0.634. The molecule has 0 aromatic heterocycles. The Hall–Kier alpha value is -1.23. The average molecular weight is 389 g/mol. The fraction of sp³-hybridized carbons (Fsp3) is 0.133. The van der Waals surface area contributed by atoms with Gasteiger partial charge in [0.15, 0.2) is 6.04 Å². The van der Waals surface area contributed by atoms with Crippen molar-refractivity contribution in [3.05, 3.63) is 62.5 Å². The summed E-state index contributed by atoms with van der Waals surface area (Å²) in [6.07, 6.45) is 0. The van der Waals surface area contributed by atoms with E-state index in [1.165, 1.54) is 7.11 Å². The van der Waals surface area contributed by atoms with Crippen LogP contribution in [-0.4, -0.2) is 13.1 Å². The minimum absolute atomic E-state index is 0.390. The third kappa shape index (κ3) is 4.13. The number of methoxy groups -OCH3 is 1. The largest absolute Gasteiger partial charge is 0.467 e. The number of carbonyl (C=O) groups excluding carboxylic acids is 1. The molecular formula is C15H12BrCl2NO2. The van der Waals surface area contributed by atoms with Gasteiger partial charge in [0.2, 0.25) is 0 Å². The first-order valence-electron chi connectivity index (χ1n) is 6.06. The van der Waals surface area contributed by atoms with Crippen molar-refractivity contribution in [1.82, 2.24) is 0 Å². The summed E-state index contributed by atoms with van der Waals surface area (Å²) in [7, 11) is 1.35. The predicted molar refractivity (Wildman–Crippen MR) is 89.0 cm³/mol. The van der Waals surface area contributed by atoms with Crippen molar-refractivity contribution in [2.24, 2.45) is 0 Å². The Morgan fingerprint density at radius 1 is 1.19 bits per heavy atom. The van der Waals surface area contributed by atoms with Crippen molar-refractivity contribution in [3.8, 4) is 0 Å². The van der Waals surface area contributed by atoms with Gasteiger partial charge in [0.05, 0.1) is 12.1 Å². The molecule has 1 unspecified atom stereocenters. The van der Waals surface area contributed by atoms with Crippen molar-refractivity contribution in [2.75, 3.05) is 12.4 Å². The number of nitrogens with one attached hydrogen (secondary N) is 1. The Balaban J connectivity index is 2.31. The molecule has 0 fully saturated rings. The number of halogens is 3. The van der Waals surface area contributed by atoms with Crippen LogP contribution in [0.25, 0.3) is 0 Å². The molecule has 2 rings (SSSR count). The topological polar surface area (TPSA) is 38.3 Å². The fourth-order valence-electron chi connectivity index (χ4n) is 1.80. The van der Waals surface area contributed by atoms with Gasteiger partial charge in [-0.05, 0) is 57.9 Å². The van der Waals surface area contributed by atoms with Gasteiger partial charge in [0.25, 0.3) is 0 Å². The van der Waals surface area contributed by atoms with Crippen LogP contribution < -0.4 is 5.32 Å². The first kappa shape index (κ1) is 16.1. The molecule has 3 nitrogen and oxygen atoms in total. The summed E-state index contributed by atoms with van der Waals surface area (Å²) in [5.41, 5.74) is 1.51. The number of benzene rings is 2. The Labute approximate surface area is 141 Å². The Morgan fingerprint density at radius 3 is 2.43 bits per heavy atom. The van der Waals surface area contributed by atoms with Crippen LogP contribution in [0.15, 0.2) is 46.9 Å². The van der Waals surface area contributed by atoms with Crippen LogP contribution in [0.3, 0.4) is 0 Å². The number of esters is 1. The van der Waals surface area contributed by atoms with Crippen molar-refractivity contribution < 1.29 is 9.53 Å². The quantitative estimate of drug-likeness (QED) is 0.742. The first-order chi connectivity index (χ1) is 10.0. The van der Waals surface area contributed by atoms with Gasteiger partial charge in [-0.1, -0.05) is 29.3 Å². The second kappa shape index (κ2) is 7.16. The zero-order chi connectivity index (χ0) is 15.4. The molecule has 0 saturated heterocycles. The highest BCUT2D eigenvalue weighted by Crippen LogP contribution is 2.28. The van der Waals surface area contributed by atoms with Crippen LogP contribution in [0.1, 0.15) is 11.6 Å². The molecule has 21 heavy (non-hydrogen) atoms. The van der Waals surface area contributed by atoms with Crippen molar-refractivity contribution >= 4 is 50.8 Å². The predicted octanol–water partition coefficient (Wildman–Crippen LogP) is 5.08. The molecule has 0 amide bonds. The molecule has 2 aromatic carbocycles.